The standard InChI is InChI=1S/C36H39ClO6/c1-39-32(22-34(37)38)35(42-25-30-18-10-4-11-19-30)36(43-26-31-20-12-5-13-21-31)33(41-24-29-16-8-3-9-17-29)27-40-23-28-14-6-2-7-15-28/h2-21,32-33,35-36H,22-27H2,1H3/t32-,33+,35+,36-/m0/s1. The van der Waals surface area contributed by atoms with E-state index < -0.39 is 29.7 Å². The summed E-state index contributed by atoms with van der Waals surface area (Å²) in [5.41, 5.74) is 4.02. The Morgan fingerprint density at radius 1 is 0.558 bits per heavy atom. The summed E-state index contributed by atoms with van der Waals surface area (Å²) >= 11 is 5.89. The van der Waals surface area contributed by atoms with Crippen molar-refractivity contribution in [1.82, 2.24) is 0 Å². The Labute approximate surface area is 259 Å². The van der Waals surface area contributed by atoms with Gasteiger partial charge in [-0.3, -0.25) is 4.79 Å². The van der Waals surface area contributed by atoms with Crippen LogP contribution in [0.4, 0.5) is 0 Å². The average molecular weight is 603 g/mol. The maximum atomic E-state index is 12.1. The fraction of sp³-hybridized carbons (Fsp3) is 0.306. The van der Waals surface area contributed by atoms with E-state index in [1.54, 1.807) is 7.11 Å². The smallest absolute Gasteiger partial charge is 0.224 e. The van der Waals surface area contributed by atoms with E-state index in [0.717, 1.165) is 22.3 Å². The van der Waals surface area contributed by atoms with Gasteiger partial charge in [-0.25, -0.2) is 0 Å². The lowest BCUT2D eigenvalue weighted by Crippen LogP contribution is -2.51. The Hall–Kier alpha value is -3.36. The first-order chi connectivity index (χ1) is 21.1. The van der Waals surface area contributed by atoms with E-state index in [4.69, 9.17) is 35.3 Å². The molecule has 0 saturated heterocycles. The number of ether oxygens (including phenoxy) is 5. The van der Waals surface area contributed by atoms with Gasteiger partial charge in [0, 0.05) is 7.11 Å². The minimum atomic E-state index is -0.710. The van der Waals surface area contributed by atoms with Crippen LogP contribution in [0.2, 0.25) is 0 Å². The minimum absolute atomic E-state index is 0.0566. The summed E-state index contributed by atoms with van der Waals surface area (Å²) in [6.45, 7) is 1.54. The van der Waals surface area contributed by atoms with E-state index in [1.807, 2.05) is 121 Å². The van der Waals surface area contributed by atoms with Crippen molar-refractivity contribution in [1.29, 1.82) is 0 Å². The van der Waals surface area contributed by atoms with Crippen LogP contribution in [0, 0.1) is 0 Å². The molecule has 0 aliphatic heterocycles. The maximum absolute atomic E-state index is 12.1. The van der Waals surface area contributed by atoms with Crippen LogP contribution in [0.1, 0.15) is 28.7 Å². The van der Waals surface area contributed by atoms with Gasteiger partial charge in [0.25, 0.3) is 0 Å². The molecule has 0 spiro atoms. The largest absolute Gasteiger partial charge is 0.378 e. The molecule has 4 aromatic rings. The van der Waals surface area contributed by atoms with Gasteiger partial charge in [0.2, 0.25) is 5.24 Å². The zero-order valence-corrected chi connectivity index (χ0v) is 25.2. The number of rotatable bonds is 19. The van der Waals surface area contributed by atoms with Gasteiger partial charge in [-0.15, -0.1) is 0 Å². The van der Waals surface area contributed by atoms with Crippen LogP contribution in [-0.2, 0) is 54.9 Å². The van der Waals surface area contributed by atoms with Crippen molar-refractivity contribution in [2.45, 2.75) is 57.3 Å². The molecule has 0 bridgehead atoms. The molecule has 0 unspecified atom stereocenters. The van der Waals surface area contributed by atoms with E-state index >= 15 is 0 Å². The first-order valence-corrected chi connectivity index (χ1v) is 14.8. The van der Waals surface area contributed by atoms with Gasteiger partial charge >= 0.3 is 0 Å². The number of carbonyl (C=O) groups excluding carboxylic acids is 1. The highest BCUT2D eigenvalue weighted by Crippen LogP contribution is 2.25. The van der Waals surface area contributed by atoms with Gasteiger partial charge in [0.05, 0.1) is 45.6 Å². The molecule has 43 heavy (non-hydrogen) atoms. The van der Waals surface area contributed by atoms with Gasteiger partial charge in [-0.1, -0.05) is 121 Å². The maximum Gasteiger partial charge on any atom is 0.224 e. The monoisotopic (exact) mass is 602 g/mol. The third kappa shape index (κ3) is 11.3. The topological polar surface area (TPSA) is 63.2 Å². The number of hydrogen-bond acceptors (Lipinski definition) is 6. The summed E-state index contributed by atoms with van der Waals surface area (Å²) in [6, 6.07) is 39.6. The summed E-state index contributed by atoms with van der Waals surface area (Å²) in [6.07, 6.45) is -2.70. The Morgan fingerprint density at radius 2 is 0.930 bits per heavy atom. The van der Waals surface area contributed by atoms with Crippen LogP contribution in [0.15, 0.2) is 121 Å². The van der Waals surface area contributed by atoms with Crippen LogP contribution in [0.25, 0.3) is 0 Å². The molecule has 226 valence electrons. The molecule has 6 nitrogen and oxygen atoms in total. The number of methoxy groups -OCH3 is 1. The first-order valence-electron chi connectivity index (χ1n) is 14.4. The molecule has 7 heteroatoms. The Morgan fingerprint density at radius 3 is 1.33 bits per heavy atom. The molecule has 4 aromatic carbocycles. The van der Waals surface area contributed by atoms with Gasteiger partial charge in [0.1, 0.15) is 18.3 Å². The zero-order valence-electron chi connectivity index (χ0n) is 24.4. The van der Waals surface area contributed by atoms with E-state index in [0.29, 0.717) is 19.8 Å². The SMILES string of the molecule is CO[C@@H](CC(=O)Cl)[C@@H](OCc1ccccc1)[C@@H](OCc1ccccc1)[C@@H](COCc1ccccc1)OCc1ccccc1. The molecule has 0 radical (unpaired) electrons. The fourth-order valence-electron chi connectivity index (χ4n) is 4.74. The molecule has 4 atom stereocenters. The van der Waals surface area contributed by atoms with Crippen LogP contribution < -0.4 is 0 Å². The normalized spacial score (nSPS) is 14.1. The Kier molecular flexibility index (Phi) is 13.9. The molecule has 0 aliphatic rings. The number of hydrogen-bond donors (Lipinski definition) is 0. The van der Waals surface area contributed by atoms with Crippen LogP contribution in [0.5, 0.6) is 0 Å². The van der Waals surface area contributed by atoms with Crippen molar-refractivity contribution in [2.75, 3.05) is 13.7 Å². The number of halogens is 1. The van der Waals surface area contributed by atoms with Crippen molar-refractivity contribution in [3.05, 3.63) is 144 Å². The quantitative estimate of drug-likeness (QED) is 0.106. The van der Waals surface area contributed by atoms with Gasteiger partial charge in [0.15, 0.2) is 0 Å². The molecule has 0 aromatic heterocycles. The molecule has 0 heterocycles. The summed E-state index contributed by atoms with van der Waals surface area (Å²) in [5.74, 6) is 0. The summed E-state index contributed by atoms with van der Waals surface area (Å²) in [4.78, 5) is 12.1. The fourth-order valence-corrected chi connectivity index (χ4v) is 4.89. The molecule has 4 rings (SSSR count). The summed E-state index contributed by atoms with van der Waals surface area (Å²) < 4.78 is 31.8. The van der Waals surface area contributed by atoms with Gasteiger partial charge in [-0.05, 0) is 33.9 Å². The molecular formula is C36H39ClO6. The van der Waals surface area contributed by atoms with Gasteiger partial charge < -0.3 is 23.7 Å². The second kappa shape index (κ2) is 18.3. The predicted molar refractivity (Wildman–Crippen MR) is 167 cm³/mol. The zero-order chi connectivity index (χ0) is 30.1. The highest BCUT2D eigenvalue weighted by molar-refractivity contribution is 6.63. The van der Waals surface area contributed by atoms with E-state index in [1.165, 1.54) is 0 Å². The number of carbonyl (C=O) groups is 1. The predicted octanol–water partition coefficient (Wildman–Crippen LogP) is 7.13. The van der Waals surface area contributed by atoms with Crippen molar-refractivity contribution in [3.63, 3.8) is 0 Å². The van der Waals surface area contributed by atoms with Crippen LogP contribution in [-0.4, -0.2) is 43.4 Å². The molecule has 0 saturated carbocycles. The summed E-state index contributed by atoms with van der Waals surface area (Å²) in [7, 11) is 1.55. The van der Waals surface area contributed by atoms with Crippen molar-refractivity contribution >= 4 is 16.8 Å². The highest BCUT2D eigenvalue weighted by atomic mass is 35.5. The second-order valence-electron chi connectivity index (χ2n) is 10.2. The van der Waals surface area contributed by atoms with E-state index in [-0.39, 0.29) is 19.6 Å². The molecule has 0 N–H and O–H groups in total. The highest BCUT2D eigenvalue weighted by Gasteiger charge is 2.39. The van der Waals surface area contributed by atoms with Crippen molar-refractivity contribution in [3.8, 4) is 0 Å². The third-order valence-electron chi connectivity index (χ3n) is 6.99. The Bertz CT molecular complexity index is 1310. The van der Waals surface area contributed by atoms with E-state index in [2.05, 4.69) is 0 Å². The molecule has 0 aliphatic carbocycles. The first kappa shape index (κ1) is 32.6. The lowest BCUT2D eigenvalue weighted by molar-refractivity contribution is -0.195. The third-order valence-corrected chi connectivity index (χ3v) is 7.15. The Balaban J connectivity index is 1.64. The van der Waals surface area contributed by atoms with Crippen molar-refractivity contribution in [2.24, 2.45) is 0 Å². The van der Waals surface area contributed by atoms with Gasteiger partial charge in [-0.2, -0.15) is 0 Å². The number of benzene rings is 4. The van der Waals surface area contributed by atoms with Crippen molar-refractivity contribution < 1.29 is 28.5 Å². The van der Waals surface area contributed by atoms with Crippen LogP contribution in [0.3, 0.4) is 0 Å². The minimum Gasteiger partial charge on any atom is -0.378 e. The summed E-state index contributed by atoms with van der Waals surface area (Å²) in [5, 5.41) is -0.524. The average Bonchev–Trinajstić information content (AvgIpc) is 3.05. The molecular weight excluding hydrogens is 564 g/mol. The van der Waals surface area contributed by atoms with Crippen LogP contribution >= 0.6 is 11.6 Å². The second-order valence-corrected chi connectivity index (χ2v) is 10.6. The molecule has 0 amide bonds. The lowest BCUT2D eigenvalue weighted by Gasteiger charge is -2.37. The van der Waals surface area contributed by atoms with E-state index in [9.17, 15) is 4.79 Å². The lowest BCUT2D eigenvalue weighted by atomic mass is 9.99. The molecule has 0 fully saturated rings.